The van der Waals surface area contributed by atoms with E-state index in [1.165, 1.54) is 23.9 Å². The number of sulfonamides is 1. The Bertz CT molecular complexity index is 897. The van der Waals surface area contributed by atoms with E-state index in [1.807, 2.05) is 0 Å². The molecule has 0 spiro atoms. The lowest BCUT2D eigenvalue weighted by molar-refractivity contribution is -0.173. The molecule has 7 N–H and O–H groups in total. The largest absolute Gasteiger partial charge is 0.481 e. The third-order valence-electron chi connectivity index (χ3n) is 3.39. The minimum Gasteiger partial charge on any atom is -0.481 e. The normalized spacial score (nSPS) is 14.3. The summed E-state index contributed by atoms with van der Waals surface area (Å²) in [7, 11) is -4.39. The number of carboxylic acids is 2. The third kappa shape index (κ3) is 7.11. The third-order valence-corrected chi connectivity index (χ3v) is 4.58. The van der Waals surface area contributed by atoms with Crippen LogP contribution in [-0.4, -0.2) is 59.2 Å². The summed E-state index contributed by atoms with van der Waals surface area (Å²) < 4.78 is 24.2. The maximum atomic E-state index is 12.1. The first kappa shape index (κ1) is 24.0. The standard InChI is InChI=1S/C15H19N3O10S/c1-8(16)13(22)17-9-2-4-10(5-3-9)29(26,27)18-28-12(21)7-15(25,14(23)24)6-11(19)20/h2-5,8,18,25H,6-7,16H2,1H3,(H,17,22)(H,19,20)(H,23,24)/t8-,15?/m0/s1. The van der Waals surface area contributed by atoms with Crippen molar-refractivity contribution in [3.05, 3.63) is 24.3 Å². The van der Waals surface area contributed by atoms with Crippen molar-refractivity contribution in [2.24, 2.45) is 5.73 Å². The highest BCUT2D eigenvalue weighted by atomic mass is 32.2. The number of benzene rings is 1. The van der Waals surface area contributed by atoms with Crippen LogP contribution in [0.4, 0.5) is 5.69 Å². The van der Waals surface area contributed by atoms with E-state index in [0.29, 0.717) is 0 Å². The molecule has 0 aliphatic carbocycles. The smallest absolute Gasteiger partial charge is 0.336 e. The molecule has 0 aromatic heterocycles. The zero-order valence-corrected chi connectivity index (χ0v) is 15.8. The van der Waals surface area contributed by atoms with Gasteiger partial charge in [0.05, 0.1) is 23.8 Å². The molecule has 0 fully saturated rings. The van der Waals surface area contributed by atoms with Gasteiger partial charge in [0, 0.05) is 5.69 Å². The summed E-state index contributed by atoms with van der Waals surface area (Å²) in [6.07, 6.45) is -2.63. The number of carbonyl (C=O) groups is 4. The van der Waals surface area contributed by atoms with E-state index in [4.69, 9.17) is 15.9 Å². The van der Waals surface area contributed by atoms with Gasteiger partial charge in [0.15, 0.2) is 5.60 Å². The van der Waals surface area contributed by atoms with Crippen LogP contribution in [0.25, 0.3) is 0 Å². The van der Waals surface area contributed by atoms with E-state index in [9.17, 15) is 32.7 Å². The maximum Gasteiger partial charge on any atom is 0.336 e. The molecule has 160 valence electrons. The average molecular weight is 433 g/mol. The first-order valence-electron chi connectivity index (χ1n) is 7.82. The molecule has 29 heavy (non-hydrogen) atoms. The molecule has 1 unspecified atom stereocenters. The van der Waals surface area contributed by atoms with Gasteiger partial charge in [-0.25, -0.2) is 13.2 Å². The SMILES string of the molecule is C[C@H](N)C(=O)Nc1ccc(S(=O)(=O)NOC(=O)CC(O)(CC(=O)O)C(=O)O)cc1. The molecule has 13 nitrogen and oxygen atoms in total. The molecule has 2 atom stereocenters. The van der Waals surface area contributed by atoms with E-state index < -0.39 is 58.3 Å². The Morgan fingerprint density at radius 1 is 1.14 bits per heavy atom. The summed E-state index contributed by atoms with van der Waals surface area (Å²) in [5, 5.41) is 29.6. The van der Waals surface area contributed by atoms with Crippen molar-refractivity contribution in [3.63, 3.8) is 0 Å². The lowest BCUT2D eigenvalue weighted by atomic mass is 9.96. The second-order valence-electron chi connectivity index (χ2n) is 5.95. The summed E-state index contributed by atoms with van der Waals surface area (Å²) in [5.41, 5.74) is 2.66. The number of nitrogens with one attached hydrogen (secondary N) is 2. The van der Waals surface area contributed by atoms with Gasteiger partial charge in [0.25, 0.3) is 10.0 Å². The predicted octanol–water partition coefficient (Wildman–Crippen LogP) is -1.61. The van der Waals surface area contributed by atoms with Crippen LogP contribution < -0.4 is 15.9 Å². The summed E-state index contributed by atoms with van der Waals surface area (Å²) in [6.45, 7) is 1.45. The molecular weight excluding hydrogens is 414 g/mol. The van der Waals surface area contributed by atoms with Crippen LogP contribution in [0.5, 0.6) is 0 Å². The lowest BCUT2D eigenvalue weighted by Crippen LogP contribution is -2.44. The first-order chi connectivity index (χ1) is 13.3. The Hall–Kier alpha value is -3.07. The molecule has 0 saturated heterocycles. The number of nitrogens with two attached hydrogens (primary N) is 1. The number of aliphatic hydroxyl groups is 1. The molecule has 0 aliphatic rings. The van der Waals surface area contributed by atoms with Crippen molar-refractivity contribution in [2.75, 3.05) is 5.32 Å². The molecule has 0 saturated carbocycles. The van der Waals surface area contributed by atoms with Gasteiger partial charge in [0.1, 0.15) is 0 Å². The predicted molar refractivity (Wildman–Crippen MR) is 94.6 cm³/mol. The van der Waals surface area contributed by atoms with Gasteiger partial charge in [-0.1, -0.05) is 0 Å². The van der Waals surface area contributed by atoms with E-state index in [0.717, 1.165) is 12.1 Å². The number of carbonyl (C=O) groups excluding carboxylic acids is 2. The number of rotatable bonds is 10. The van der Waals surface area contributed by atoms with Gasteiger partial charge in [-0.15, -0.1) is 0 Å². The highest BCUT2D eigenvalue weighted by Gasteiger charge is 2.41. The summed E-state index contributed by atoms with van der Waals surface area (Å²) in [6, 6.07) is 3.85. The van der Waals surface area contributed by atoms with E-state index in [1.54, 1.807) is 0 Å². The van der Waals surface area contributed by atoms with Crippen molar-refractivity contribution >= 4 is 39.5 Å². The number of hydrogen-bond donors (Lipinski definition) is 6. The zero-order chi connectivity index (χ0) is 22.4. The molecule has 0 radical (unpaired) electrons. The van der Waals surface area contributed by atoms with Crippen molar-refractivity contribution in [1.82, 2.24) is 4.89 Å². The van der Waals surface area contributed by atoms with Crippen LogP contribution in [0, 0.1) is 0 Å². The Balaban J connectivity index is 2.77. The Labute approximate surface area is 164 Å². The van der Waals surface area contributed by atoms with Crippen LogP contribution >= 0.6 is 0 Å². The first-order valence-corrected chi connectivity index (χ1v) is 9.31. The number of amides is 1. The molecule has 1 rings (SSSR count). The minimum absolute atomic E-state index is 0.253. The number of hydrogen-bond acceptors (Lipinski definition) is 9. The number of anilines is 1. The van der Waals surface area contributed by atoms with Crippen molar-refractivity contribution < 1.29 is 47.8 Å². The maximum absolute atomic E-state index is 12.1. The molecule has 1 aromatic carbocycles. The van der Waals surface area contributed by atoms with Gasteiger partial charge in [0.2, 0.25) is 5.91 Å². The Kier molecular flexibility index (Phi) is 7.79. The monoisotopic (exact) mass is 433 g/mol. The molecule has 0 aliphatic heterocycles. The Morgan fingerprint density at radius 2 is 1.69 bits per heavy atom. The van der Waals surface area contributed by atoms with Gasteiger partial charge in [-0.3, -0.25) is 14.4 Å². The lowest BCUT2D eigenvalue weighted by Gasteiger charge is -2.19. The second kappa shape index (κ2) is 9.42. The van der Waals surface area contributed by atoms with E-state index in [2.05, 4.69) is 10.2 Å². The van der Waals surface area contributed by atoms with Gasteiger partial charge in [-0.2, -0.15) is 0 Å². The van der Waals surface area contributed by atoms with Crippen molar-refractivity contribution in [2.45, 2.75) is 36.3 Å². The second-order valence-corrected chi connectivity index (χ2v) is 7.59. The fourth-order valence-corrected chi connectivity index (χ4v) is 2.65. The van der Waals surface area contributed by atoms with Crippen molar-refractivity contribution in [3.8, 4) is 0 Å². The fourth-order valence-electron chi connectivity index (χ4n) is 1.86. The number of aliphatic carboxylic acids is 2. The van der Waals surface area contributed by atoms with Crippen LogP contribution in [0.1, 0.15) is 19.8 Å². The number of carboxylic acid groups (broad SMARTS) is 2. The molecule has 0 bridgehead atoms. The van der Waals surface area contributed by atoms with Crippen molar-refractivity contribution in [1.29, 1.82) is 0 Å². The average Bonchev–Trinajstić information content (AvgIpc) is 2.59. The van der Waals surface area contributed by atoms with Gasteiger partial charge in [-0.05, 0) is 36.1 Å². The van der Waals surface area contributed by atoms with Crippen LogP contribution in [0.15, 0.2) is 29.2 Å². The minimum atomic E-state index is -4.39. The molecule has 1 aromatic rings. The summed E-state index contributed by atoms with van der Waals surface area (Å²) >= 11 is 0. The quantitative estimate of drug-likeness (QED) is 0.230. The highest BCUT2D eigenvalue weighted by molar-refractivity contribution is 7.89. The Morgan fingerprint density at radius 3 is 2.14 bits per heavy atom. The van der Waals surface area contributed by atoms with Gasteiger partial charge < -0.3 is 31.2 Å². The highest BCUT2D eigenvalue weighted by Crippen LogP contribution is 2.18. The van der Waals surface area contributed by atoms with Crippen LogP contribution in [0.2, 0.25) is 0 Å². The molecule has 1 amide bonds. The summed E-state index contributed by atoms with van der Waals surface area (Å²) in [4.78, 5) is 50.0. The van der Waals surface area contributed by atoms with E-state index >= 15 is 0 Å². The zero-order valence-electron chi connectivity index (χ0n) is 15.0. The topological polar surface area (TPSA) is 222 Å². The van der Waals surface area contributed by atoms with E-state index in [-0.39, 0.29) is 10.6 Å². The molecule has 14 heteroatoms. The molecular formula is C15H19N3O10S. The molecule has 0 heterocycles. The van der Waals surface area contributed by atoms with Crippen LogP contribution in [0.3, 0.4) is 0 Å². The fraction of sp³-hybridized carbons (Fsp3) is 0.333. The van der Waals surface area contributed by atoms with Gasteiger partial charge >= 0.3 is 17.9 Å². The summed E-state index contributed by atoms with van der Waals surface area (Å²) in [5.74, 6) is -5.72. The van der Waals surface area contributed by atoms with Crippen LogP contribution in [-0.2, 0) is 34.0 Å².